The molecule has 0 aliphatic heterocycles. The maximum atomic E-state index is 11.2. The molecule has 0 heterocycles. The molecule has 1 rings (SSSR count). The maximum Gasteiger partial charge on any atom is 0.263 e. The van der Waals surface area contributed by atoms with Gasteiger partial charge in [0.25, 0.3) is 5.91 Å². The van der Waals surface area contributed by atoms with E-state index in [2.05, 4.69) is 10.3 Å². The van der Waals surface area contributed by atoms with Crippen LogP contribution >= 0.6 is 0 Å². The first-order chi connectivity index (χ1) is 5.09. The molecule has 1 fully saturated rings. The highest BCUT2D eigenvalue weighted by atomic mass is 16.6. The van der Waals surface area contributed by atoms with E-state index in [9.17, 15) is 4.79 Å². The average molecular weight is 158 g/mol. The molecule has 0 radical (unpaired) electrons. The third kappa shape index (κ3) is 1.70. The van der Waals surface area contributed by atoms with Crippen LogP contribution in [0.5, 0.6) is 0 Å². The minimum atomic E-state index is -0.754. The fourth-order valence-electron chi connectivity index (χ4n) is 1.07. The van der Waals surface area contributed by atoms with Crippen LogP contribution in [0.25, 0.3) is 0 Å². The zero-order valence-corrected chi connectivity index (χ0v) is 6.89. The lowest BCUT2D eigenvalue weighted by atomic mass is 9.97. The molecule has 4 nitrogen and oxygen atoms in total. The van der Waals surface area contributed by atoms with Gasteiger partial charge in [0.1, 0.15) is 0 Å². The quantitative estimate of drug-likeness (QED) is 0.559. The first-order valence-electron chi connectivity index (χ1n) is 3.71. The topological polar surface area (TPSA) is 64.3 Å². The first kappa shape index (κ1) is 8.49. The largest absolute Gasteiger partial charge is 0.317 e. The zero-order chi connectivity index (χ0) is 8.48. The summed E-state index contributed by atoms with van der Waals surface area (Å²) in [6, 6.07) is 0. The average Bonchev–Trinajstić information content (AvgIpc) is 2.68. The first-order valence-corrected chi connectivity index (χ1v) is 3.71. The Morgan fingerprint density at radius 3 is 2.64 bits per heavy atom. The summed E-state index contributed by atoms with van der Waals surface area (Å²) in [6.07, 6.45) is 2.09. The summed E-state index contributed by atoms with van der Waals surface area (Å²) in [4.78, 5) is 15.7. The van der Waals surface area contributed by atoms with Crippen molar-refractivity contribution in [2.24, 2.45) is 11.7 Å². The number of nitrogens with one attached hydrogen (secondary N) is 1. The van der Waals surface area contributed by atoms with Crippen molar-refractivity contribution in [3.8, 4) is 0 Å². The summed E-state index contributed by atoms with van der Waals surface area (Å²) in [5.74, 6) is 0.0974. The van der Waals surface area contributed by atoms with E-state index in [1.165, 1.54) is 7.11 Å². The van der Waals surface area contributed by atoms with Gasteiger partial charge >= 0.3 is 0 Å². The Balaban J connectivity index is 2.48. The van der Waals surface area contributed by atoms with E-state index >= 15 is 0 Å². The van der Waals surface area contributed by atoms with Crippen LogP contribution in [0, 0.1) is 5.92 Å². The molecule has 0 aromatic carbocycles. The van der Waals surface area contributed by atoms with Crippen LogP contribution in [0.1, 0.15) is 19.8 Å². The zero-order valence-electron chi connectivity index (χ0n) is 6.89. The van der Waals surface area contributed by atoms with E-state index in [1.807, 2.05) is 0 Å². The fraction of sp³-hybridized carbons (Fsp3) is 0.857. The van der Waals surface area contributed by atoms with Crippen molar-refractivity contribution in [1.29, 1.82) is 0 Å². The van der Waals surface area contributed by atoms with Crippen LogP contribution in [0.4, 0.5) is 0 Å². The number of carbonyl (C=O) groups excluding carboxylic acids is 1. The lowest BCUT2D eigenvalue weighted by molar-refractivity contribution is -0.137. The fourth-order valence-corrected chi connectivity index (χ4v) is 1.07. The molecule has 1 atom stereocenters. The molecular formula is C7H14N2O2. The second-order valence-electron chi connectivity index (χ2n) is 3.19. The van der Waals surface area contributed by atoms with Crippen molar-refractivity contribution < 1.29 is 9.63 Å². The van der Waals surface area contributed by atoms with E-state index in [1.54, 1.807) is 6.92 Å². The Morgan fingerprint density at radius 2 is 2.27 bits per heavy atom. The Kier molecular flexibility index (Phi) is 2.15. The summed E-state index contributed by atoms with van der Waals surface area (Å²) in [5, 5.41) is 0. The number of carbonyl (C=O) groups is 1. The summed E-state index contributed by atoms with van der Waals surface area (Å²) in [7, 11) is 1.40. The van der Waals surface area contributed by atoms with Gasteiger partial charge in [-0.15, -0.1) is 0 Å². The van der Waals surface area contributed by atoms with Gasteiger partial charge < -0.3 is 5.73 Å². The van der Waals surface area contributed by atoms with Crippen LogP contribution in [0.15, 0.2) is 0 Å². The van der Waals surface area contributed by atoms with Gasteiger partial charge in [0.15, 0.2) is 0 Å². The summed E-state index contributed by atoms with van der Waals surface area (Å²) < 4.78 is 0. The third-order valence-corrected chi connectivity index (χ3v) is 2.11. The second kappa shape index (κ2) is 2.79. The molecule has 4 heteroatoms. The predicted octanol–water partition coefficient (Wildman–Crippen LogP) is -0.209. The van der Waals surface area contributed by atoms with Gasteiger partial charge in [-0.2, -0.15) is 0 Å². The van der Waals surface area contributed by atoms with Crippen molar-refractivity contribution in [3.05, 3.63) is 0 Å². The van der Waals surface area contributed by atoms with Gasteiger partial charge in [0.2, 0.25) is 0 Å². The maximum absolute atomic E-state index is 11.2. The van der Waals surface area contributed by atoms with Gasteiger partial charge in [-0.1, -0.05) is 0 Å². The van der Waals surface area contributed by atoms with Crippen LogP contribution < -0.4 is 11.2 Å². The number of hydrogen-bond acceptors (Lipinski definition) is 3. The number of hydrogen-bond donors (Lipinski definition) is 2. The van der Waals surface area contributed by atoms with Crippen molar-refractivity contribution in [3.63, 3.8) is 0 Å². The van der Waals surface area contributed by atoms with Crippen LogP contribution in [-0.4, -0.2) is 18.6 Å². The molecule has 64 valence electrons. The van der Waals surface area contributed by atoms with Crippen molar-refractivity contribution in [1.82, 2.24) is 5.48 Å². The minimum absolute atomic E-state index is 0.234. The monoisotopic (exact) mass is 158 g/mol. The predicted molar refractivity (Wildman–Crippen MR) is 40.5 cm³/mol. The van der Waals surface area contributed by atoms with E-state index < -0.39 is 5.54 Å². The van der Waals surface area contributed by atoms with Crippen LogP contribution in [0.2, 0.25) is 0 Å². The van der Waals surface area contributed by atoms with Crippen molar-refractivity contribution in [2.75, 3.05) is 7.11 Å². The van der Waals surface area contributed by atoms with Gasteiger partial charge in [-0.05, 0) is 25.7 Å². The van der Waals surface area contributed by atoms with Gasteiger partial charge in [-0.25, -0.2) is 5.48 Å². The van der Waals surface area contributed by atoms with E-state index in [4.69, 9.17) is 5.73 Å². The van der Waals surface area contributed by atoms with Gasteiger partial charge in [0.05, 0.1) is 12.6 Å². The lowest BCUT2D eigenvalue weighted by Gasteiger charge is -2.21. The summed E-state index contributed by atoms with van der Waals surface area (Å²) in [5.41, 5.74) is 7.25. The van der Waals surface area contributed by atoms with Crippen molar-refractivity contribution in [2.45, 2.75) is 25.3 Å². The highest BCUT2D eigenvalue weighted by Gasteiger charge is 2.44. The molecule has 1 unspecified atom stereocenters. The number of nitrogens with two attached hydrogens (primary N) is 1. The normalized spacial score (nSPS) is 22.5. The second-order valence-corrected chi connectivity index (χ2v) is 3.19. The Hall–Kier alpha value is -0.610. The molecule has 0 aromatic heterocycles. The number of rotatable bonds is 3. The molecule has 3 N–H and O–H groups in total. The molecule has 0 saturated heterocycles. The van der Waals surface area contributed by atoms with E-state index in [0.717, 1.165) is 12.8 Å². The number of hydroxylamine groups is 1. The molecule has 11 heavy (non-hydrogen) atoms. The molecule has 1 aliphatic rings. The van der Waals surface area contributed by atoms with Gasteiger partial charge in [-0.3, -0.25) is 9.63 Å². The Morgan fingerprint density at radius 1 is 1.73 bits per heavy atom. The molecule has 0 spiro atoms. The summed E-state index contributed by atoms with van der Waals surface area (Å²) in [6.45, 7) is 1.74. The van der Waals surface area contributed by atoms with Crippen LogP contribution in [0.3, 0.4) is 0 Å². The Bertz CT molecular complexity index is 164. The summed E-state index contributed by atoms with van der Waals surface area (Å²) >= 11 is 0. The van der Waals surface area contributed by atoms with Gasteiger partial charge in [0, 0.05) is 0 Å². The SMILES string of the molecule is CONC(=O)C(C)(N)C1CC1. The molecule has 1 amide bonds. The molecule has 0 aromatic rings. The highest BCUT2D eigenvalue weighted by Crippen LogP contribution is 2.37. The molecule has 1 aliphatic carbocycles. The molecular weight excluding hydrogens is 144 g/mol. The van der Waals surface area contributed by atoms with E-state index in [0.29, 0.717) is 5.92 Å². The minimum Gasteiger partial charge on any atom is -0.317 e. The van der Waals surface area contributed by atoms with Crippen molar-refractivity contribution >= 4 is 5.91 Å². The number of amides is 1. The molecule has 1 saturated carbocycles. The molecule has 0 bridgehead atoms. The standard InChI is InChI=1S/C7H14N2O2/c1-7(8,5-3-4-5)6(10)9-11-2/h5H,3-4,8H2,1-2H3,(H,9,10). The van der Waals surface area contributed by atoms with E-state index in [-0.39, 0.29) is 5.91 Å². The Labute approximate surface area is 66.0 Å². The van der Waals surface area contributed by atoms with Crippen LogP contribution in [-0.2, 0) is 9.63 Å². The third-order valence-electron chi connectivity index (χ3n) is 2.11. The smallest absolute Gasteiger partial charge is 0.263 e. The highest BCUT2D eigenvalue weighted by molar-refractivity contribution is 5.85. The lowest BCUT2D eigenvalue weighted by Crippen LogP contribution is -2.53.